The molecule has 1 aromatic rings. The van der Waals surface area contributed by atoms with E-state index in [1.54, 1.807) is 0 Å². The number of aromatic nitrogens is 3. The van der Waals surface area contributed by atoms with Crippen LogP contribution in [-0.2, 0) is 4.74 Å². The quantitative estimate of drug-likeness (QED) is 0.849. The maximum atomic E-state index is 5.94. The molecule has 0 bridgehead atoms. The monoisotopic (exact) mass is 283 g/mol. The number of hydrogen-bond donors (Lipinski definition) is 1. The van der Waals surface area contributed by atoms with E-state index < -0.39 is 0 Å². The average Bonchev–Trinajstić information content (AvgIpc) is 2.39. The topological polar surface area (TPSA) is 63.2 Å². The molecule has 7 heteroatoms. The smallest absolute Gasteiger partial charge is 0.231 e. The molecule has 19 heavy (non-hydrogen) atoms. The molecular weight excluding hydrogens is 266 g/mol. The van der Waals surface area contributed by atoms with Gasteiger partial charge in [-0.3, -0.25) is 0 Å². The Hall–Kier alpha value is -1.40. The van der Waals surface area contributed by atoms with Crippen molar-refractivity contribution in [3.63, 3.8) is 0 Å². The highest BCUT2D eigenvalue weighted by Gasteiger charge is 2.15. The van der Waals surface area contributed by atoms with Gasteiger partial charge in [0.25, 0.3) is 0 Å². The van der Waals surface area contributed by atoms with E-state index in [2.05, 4.69) is 26.3 Å². The number of halogens is 1. The molecule has 0 aromatic carbocycles. The second kappa shape index (κ2) is 6.68. The molecule has 1 aromatic heterocycles. The highest BCUT2D eigenvalue weighted by molar-refractivity contribution is 6.28. The first-order chi connectivity index (χ1) is 9.15. The Kier molecular flexibility index (Phi) is 4.93. The van der Waals surface area contributed by atoms with E-state index in [9.17, 15) is 0 Å². The summed E-state index contributed by atoms with van der Waals surface area (Å²) in [7, 11) is 0. The molecule has 0 aliphatic carbocycles. The minimum Gasteiger partial charge on any atom is -0.378 e. The largest absolute Gasteiger partial charge is 0.378 e. The highest BCUT2D eigenvalue weighted by Crippen LogP contribution is 2.14. The lowest BCUT2D eigenvalue weighted by atomic mass is 10.3. The van der Waals surface area contributed by atoms with Crippen LogP contribution in [0.15, 0.2) is 11.6 Å². The summed E-state index contributed by atoms with van der Waals surface area (Å²) < 4.78 is 5.30. The standard InChI is InChI=1S/C12H18ClN5O/c1-9(2)3-4-14-11-15-10(13)16-12(17-11)18-5-7-19-8-6-18/h3H,4-8H2,1-2H3,(H,14,15,16,17). The minimum absolute atomic E-state index is 0.205. The van der Waals surface area contributed by atoms with Gasteiger partial charge >= 0.3 is 0 Å². The van der Waals surface area contributed by atoms with Gasteiger partial charge in [-0.2, -0.15) is 15.0 Å². The van der Waals surface area contributed by atoms with Crippen molar-refractivity contribution >= 4 is 23.5 Å². The molecule has 6 nitrogen and oxygen atoms in total. The van der Waals surface area contributed by atoms with Gasteiger partial charge in [0.2, 0.25) is 17.2 Å². The Morgan fingerprint density at radius 2 is 2.05 bits per heavy atom. The van der Waals surface area contributed by atoms with Crippen LogP contribution in [-0.4, -0.2) is 47.8 Å². The predicted octanol–water partition coefficient (Wildman–Crippen LogP) is 1.74. The third kappa shape index (κ3) is 4.33. The lowest BCUT2D eigenvalue weighted by Crippen LogP contribution is -2.37. The van der Waals surface area contributed by atoms with Crippen molar-refractivity contribution in [2.24, 2.45) is 0 Å². The Morgan fingerprint density at radius 1 is 1.32 bits per heavy atom. The molecule has 1 aliphatic heterocycles. The zero-order valence-corrected chi connectivity index (χ0v) is 11.9. The molecule has 0 amide bonds. The molecule has 0 radical (unpaired) electrons. The van der Waals surface area contributed by atoms with E-state index in [0.717, 1.165) is 13.1 Å². The van der Waals surface area contributed by atoms with Crippen molar-refractivity contribution < 1.29 is 4.74 Å². The van der Waals surface area contributed by atoms with Gasteiger partial charge in [-0.15, -0.1) is 0 Å². The Morgan fingerprint density at radius 3 is 2.74 bits per heavy atom. The van der Waals surface area contributed by atoms with Crippen LogP contribution in [0.2, 0.25) is 5.28 Å². The van der Waals surface area contributed by atoms with Crippen molar-refractivity contribution in [2.45, 2.75) is 13.8 Å². The number of hydrogen-bond acceptors (Lipinski definition) is 6. The van der Waals surface area contributed by atoms with E-state index in [1.807, 2.05) is 18.7 Å². The summed E-state index contributed by atoms with van der Waals surface area (Å²) in [4.78, 5) is 14.7. The summed E-state index contributed by atoms with van der Waals surface area (Å²) in [5, 5.41) is 3.32. The van der Waals surface area contributed by atoms with Crippen LogP contribution in [0, 0.1) is 0 Å². The number of rotatable bonds is 4. The van der Waals surface area contributed by atoms with Crippen LogP contribution in [0.3, 0.4) is 0 Å². The fraction of sp³-hybridized carbons (Fsp3) is 0.583. The van der Waals surface area contributed by atoms with Crippen molar-refractivity contribution in [1.29, 1.82) is 0 Å². The molecule has 1 saturated heterocycles. The van der Waals surface area contributed by atoms with E-state index >= 15 is 0 Å². The summed E-state index contributed by atoms with van der Waals surface area (Å²) in [6.07, 6.45) is 2.06. The summed E-state index contributed by atoms with van der Waals surface area (Å²) in [5.41, 5.74) is 1.24. The van der Waals surface area contributed by atoms with E-state index in [1.165, 1.54) is 5.57 Å². The maximum absolute atomic E-state index is 5.94. The molecule has 1 fully saturated rings. The lowest BCUT2D eigenvalue weighted by molar-refractivity contribution is 0.122. The van der Waals surface area contributed by atoms with Crippen molar-refractivity contribution in [2.75, 3.05) is 43.1 Å². The van der Waals surface area contributed by atoms with Crippen molar-refractivity contribution in [3.05, 3.63) is 16.9 Å². The second-order valence-corrected chi connectivity index (χ2v) is 4.83. The van der Waals surface area contributed by atoms with Gasteiger partial charge in [-0.05, 0) is 25.4 Å². The number of nitrogens with one attached hydrogen (secondary N) is 1. The van der Waals surface area contributed by atoms with Gasteiger partial charge in [-0.1, -0.05) is 11.6 Å². The van der Waals surface area contributed by atoms with Crippen molar-refractivity contribution in [1.82, 2.24) is 15.0 Å². The summed E-state index contributed by atoms with van der Waals surface area (Å²) in [6, 6.07) is 0. The fourth-order valence-electron chi connectivity index (χ4n) is 1.67. The van der Waals surface area contributed by atoms with Gasteiger partial charge in [0.1, 0.15) is 0 Å². The SMILES string of the molecule is CC(C)=CCNc1nc(Cl)nc(N2CCOCC2)n1. The third-order valence-electron chi connectivity index (χ3n) is 2.66. The lowest BCUT2D eigenvalue weighted by Gasteiger charge is -2.26. The molecule has 0 spiro atoms. The molecule has 0 saturated carbocycles. The maximum Gasteiger partial charge on any atom is 0.231 e. The summed E-state index contributed by atoms with van der Waals surface area (Å²) >= 11 is 5.94. The first-order valence-corrected chi connectivity index (χ1v) is 6.64. The molecule has 104 valence electrons. The van der Waals surface area contributed by atoms with Crippen LogP contribution >= 0.6 is 11.6 Å². The second-order valence-electron chi connectivity index (χ2n) is 4.49. The third-order valence-corrected chi connectivity index (χ3v) is 2.83. The molecule has 2 rings (SSSR count). The minimum atomic E-state index is 0.205. The van der Waals surface area contributed by atoms with Gasteiger partial charge in [0.15, 0.2) is 0 Å². The highest BCUT2D eigenvalue weighted by atomic mass is 35.5. The molecular formula is C12H18ClN5O. The van der Waals surface area contributed by atoms with Crippen LogP contribution in [0.4, 0.5) is 11.9 Å². The van der Waals surface area contributed by atoms with E-state index in [0.29, 0.717) is 31.7 Å². The molecule has 0 unspecified atom stereocenters. The predicted molar refractivity (Wildman–Crippen MR) is 75.8 cm³/mol. The number of allylic oxidation sites excluding steroid dienone is 1. The molecule has 1 aliphatic rings. The summed E-state index contributed by atoms with van der Waals surface area (Å²) in [5.74, 6) is 1.10. The van der Waals surface area contributed by atoms with Gasteiger partial charge in [0, 0.05) is 19.6 Å². The van der Waals surface area contributed by atoms with Crippen molar-refractivity contribution in [3.8, 4) is 0 Å². The van der Waals surface area contributed by atoms with Crippen LogP contribution in [0.5, 0.6) is 0 Å². The van der Waals surface area contributed by atoms with Gasteiger partial charge in [0.05, 0.1) is 13.2 Å². The number of ether oxygens (including phenoxy) is 1. The van der Waals surface area contributed by atoms with E-state index in [4.69, 9.17) is 16.3 Å². The van der Waals surface area contributed by atoms with Gasteiger partial charge < -0.3 is 15.0 Å². The first kappa shape index (κ1) is 14.0. The van der Waals surface area contributed by atoms with Gasteiger partial charge in [-0.25, -0.2) is 0 Å². The molecule has 1 N–H and O–H groups in total. The molecule has 0 atom stereocenters. The van der Waals surface area contributed by atoms with E-state index in [-0.39, 0.29) is 5.28 Å². The Bertz CT molecular complexity index is 455. The number of anilines is 2. The molecule has 2 heterocycles. The zero-order valence-electron chi connectivity index (χ0n) is 11.2. The average molecular weight is 284 g/mol. The summed E-state index contributed by atoms with van der Waals surface area (Å²) in [6.45, 7) is 7.67. The number of nitrogens with zero attached hydrogens (tertiary/aromatic N) is 4. The number of morpholine rings is 1. The normalized spacial score (nSPS) is 15.2. The Labute approximate surface area is 117 Å². The fourth-order valence-corrected chi connectivity index (χ4v) is 1.83. The van der Waals surface area contributed by atoms with Crippen LogP contribution in [0.1, 0.15) is 13.8 Å². The zero-order chi connectivity index (χ0) is 13.7. The van der Waals surface area contributed by atoms with Crippen LogP contribution < -0.4 is 10.2 Å². The Balaban J connectivity index is 2.07. The first-order valence-electron chi connectivity index (χ1n) is 6.26. The van der Waals surface area contributed by atoms with Crippen LogP contribution in [0.25, 0.3) is 0 Å².